The molecule has 2 aromatic rings. The predicted molar refractivity (Wildman–Crippen MR) is 124 cm³/mol. The van der Waals surface area contributed by atoms with E-state index >= 15 is 0 Å². The molecule has 0 N–H and O–H groups in total. The number of urea groups is 1. The van der Waals surface area contributed by atoms with Crippen LogP contribution in [-0.4, -0.2) is 74.1 Å². The third kappa shape index (κ3) is 4.90. The van der Waals surface area contributed by atoms with E-state index in [-0.39, 0.29) is 37.7 Å². The third-order valence-corrected chi connectivity index (χ3v) is 6.32. The highest BCUT2D eigenvalue weighted by Gasteiger charge is 2.33. The normalized spacial score (nSPS) is 16.3. The number of rotatable bonds is 9. The van der Waals surface area contributed by atoms with Crippen LogP contribution in [0.15, 0.2) is 36.4 Å². The Kier molecular flexibility index (Phi) is 6.74. The Hall–Kier alpha value is -3.26. The van der Waals surface area contributed by atoms with E-state index in [1.807, 2.05) is 18.2 Å². The lowest BCUT2D eigenvalue weighted by molar-refractivity contribution is -0.125. The van der Waals surface area contributed by atoms with Gasteiger partial charge in [-0.05, 0) is 48.9 Å². The van der Waals surface area contributed by atoms with Crippen molar-refractivity contribution in [3.8, 4) is 17.2 Å². The van der Waals surface area contributed by atoms with Gasteiger partial charge in [0.15, 0.2) is 11.5 Å². The summed E-state index contributed by atoms with van der Waals surface area (Å²) >= 11 is 0. The van der Waals surface area contributed by atoms with Crippen LogP contribution in [0.1, 0.15) is 29.7 Å². The van der Waals surface area contributed by atoms with Crippen LogP contribution in [0.2, 0.25) is 0 Å². The maximum Gasteiger partial charge on any atom is 0.327 e. The summed E-state index contributed by atoms with van der Waals surface area (Å²) in [6, 6.07) is 12.3. The maximum absolute atomic E-state index is 12.0. The zero-order chi connectivity index (χ0) is 23.5. The van der Waals surface area contributed by atoms with E-state index in [4.69, 9.17) is 14.2 Å². The van der Waals surface area contributed by atoms with Crippen molar-refractivity contribution in [2.24, 2.45) is 0 Å². The van der Waals surface area contributed by atoms with Gasteiger partial charge in [-0.3, -0.25) is 14.6 Å². The van der Waals surface area contributed by atoms with Crippen molar-refractivity contribution in [3.63, 3.8) is 0 Å². The van der Waals surface area contributed by atoms with E-state index in [1.165, 1.54) is 20.9 Å². The van der Waals surface area contributed by atoms with Crippen LogP contribution in [0, 0.1) is 0 Å². The summed E-state index contributed by atoms with van der Waals surface area (Å²) < 4.78 is 17.0. The summed E-state index contributed by atoms with van der Waals surface area (Å²) in [5.74, 6) is 2.00. The van der Waals surface area contributed by atoms with Crippen LogP contribution in [0.5, 0.6) is 17.2 Å². The summed E-state index contributed by atoms with van der Waals surface area (Å²) in [6.45, 7) is 4.24. The molecular weight excluding hydrogens is 422 g/mol. The summed E-state index contributed by atoms with van der Waals surface area (Å²) in [5, 5.41) is 0. The van der Waals surface area contributed by atoms with Crippen molar-refractivity contribution in [2.75, 3.05) is 47.5 Å². The molecule has 1 fully saturated rings. The number of imide groups is 1. The Balaban J connectivity index is 1.36. The van der Waals surface area contributed by atoms with E-state index in [0.29, 0.717) is 11.5 Å². The fraction of sp³-hybridized carbons (Fsp3) is 0.440. The van der Waals surface area contributed by atoms with Crippen LogP contribution in [0.3, 0.4) is 0 Å². The Morgan fingerprint density at radius 1 is 1.15 bits per heavy atom. The first-order valence-electron chi connectivity index (χ1n) is 11.2. The number of hydrogen-bond acceptors (Lipinski definition) is 6. The number of fused-ring (bicyclic) bond motifs is 1. The molecule has 4 rings (SSSR count). The highest BCUT2D eigenvalue weighted by Crippen LogP contribution is 2.32. The van der Waals surface area contributed by atoms with Crippen LogP contribution in [-0.2, 0) is 17.8 Å². The minimum absolute atomic E-state index is 0.113. The Labute approximate surface area is 194 Å². The summed E-state index contributed by atoms with van der Waals surface area (Å²) in [6.07, 6.45) is 0.967. The van der Waals surface area contributed by atoms with Gasteiger partial charge in [-0.1, -0.05) is 18.2 Å². The summed E-state index contributed by atoms with van der Waals surface area (Å²) in [7, 11) is 5.32. The monoisotopic (exact) mass is 453 g/mol. The van der Waals surface area contributed by atoms with Crippen molar-refractivity contribution in [2.45, 2.75) is 25.9 Å². The average Bonchev–Trinajstić information content (AvgIpc) is 3.37. The Bertz CT molecular complexity index is 1040. The minimum atomic E-state index is -0.293. The molecule has 3 amide bonds. The minimum Gasteiger partial charge on any atom is -0.493 e. The number of ether oxygens (including phenoxy) is 3. The summed E-state index contributed by atoms with van der Waals surface area (Å²) in [5.41, 5.74) is 3.65. The van der Waals surface area contributed by atoms with Gasteiger partial charge >= 0.3 is 6.03 Å². The lowest BCUT2D eigenvalue weighted by Crippen LogP contribution is -2.35. The van der Waals surface area contributed by atoms with Crippen molar-refractivity contribution in [1.29, 1.82) is 0 Å². The number of benzene rings is 2. The number of hydrogen-bond donors (Lipinski definition) is 0. The molecule has 33 heavy (non-hydrogen) atoms. The highest BCUT2D eigenvalue weighted by atomic mass is 16.5. The van der Waals surface area contributed by atoms with Crippen molar-refractivity contribution >= 4 is 11.9 Å². The van der Waals surface area contributed by atoms with Gasteiger partial charge in [0.25, 0.3) is 0 Å². The van der Waals surface area contributed by atoms with Crippen LogP contribution < -0.4 is 14.2 Å². The molecular formula is C25H31N3O5. The topological polar surface area (TPSA) is 71.6 Å². The Morgan fingerprint density at radius 3 is 2.70 bits per heavy atom. The average molecular weight is 454 g/mol. The van der Waals surface area contributed by atoms with Crippen molar-refractivity contribution in [1.82, 2.24) is 14.7 Å². The molecule has 0 saturated carbocycles. The van der Waals surface area contributed by atoms with Crippen LogP contribution >= 0.6 is 0 Å². The van der Waals surface area contributed by atoms with Crippen molar-refractivity contribution < 1.29 is 23.8 Å². The molecule has 0 spiro atoms. The number of methoxy groups -OCH3 is 1. The zero-order valence-electron chi connectivity index (χ0n) is 19.7. The van der Waals surface area contributed by atoms with Crippen LogP contribution in [0.4, 0.5) is 4.79 Å². The van der Waals surface area contributed by atoms with Gasteiger partial charge in [0.05, 0.1) is 20.3 Å². The second kappa shape index (κ2) is 9.70. The lowest BCUT2D eigenvalue weighted by Gasteiger charge is -2.26. The number of amides is 3. The van der Waals surface area contributed by atoms with Gasteiger partial charge in [-0.2, -0.15) is 0 Å². The number of nitrogens with zero attached hydrogens (tertiary/aromatic N) is 3. The molecule has 1 unspecified atom stereocenters. The SMILES string of the molecule is COc1cc(CN(C)C(C)c2ccc3c(c2)CCO3)ccc1OCCN1C(=O)CN(C)C1=O. The molecule has 0 aromatic heterocycles. The van der Waals surface area contributed by atoms with Gasteiger partial charge in [-0.15, -0.1) is 0 Å². The molecule has 2 aromatic carbocycles. The molecule has 8 nitrogen and oxygen atoms in total. The quantitative estimate of drug-likeness (QED) is 0.544. The fourth-order valence-corrected chi connectivity index (χ4v) is 4.21. The molecule has 8 heteroatoms. The predicted octanol–water partition coefficient (Wildman–Crippen LogP) is 3.10. The molecule has 2 heterocycles. The third-order valence-electron chi connectivity index (χ3n) is 6.32. The number of likely N-dealkylation sites (N-methyl/N-ethyl adjacent to an activating group) is 1. The second-order valence-corrected chi connectivity index (χ2v) is 8.57. The maximum atomic E-state index is 12.0. The molecule has 1 atom stereocenters. The summed E-state index contributed by atoms with van der Waals surface area (Å²) in [4.78, 5) is 28.8. The van der Waals surface area contributed by atoms with E-state index < -0.39 is 0 Å². The van der Waals surface area contributed by atoms with Gasteiger partial charge in [-0.25, -0.2) is 4.79 Å². The van der Waals surface area contributed by atoms with E-state index in [9.17, 15) is 9.59 Å². The lowest BCUT2D eigenvalue weighted by atomic mass is 10.0. The van der Waals surface area contributed by atoms with Crippen LogP contribution in [0.25, 0.3) is 0 Å². The van der Waals surface area contributed by atoms with Gasteiger partial charge < -0.3 is 19.1 Å². The van der Waals surface area contributed by atoms with Gasteiger partial charge in [0, 0.05) is 26.1 Å². The zero-order valence-corrected chi connectivity index (χ0v) is 19.7. The molecule has 0 radical (unpaired) electrons. The first kappa shape index (κ1) is 22.9. The largest absolute Gasteiger partial charge is 0.493 e. The van der Waals surface area contributed by atoms with E-state index in [1.54, 1.807) is 14.2 Å². The van der Waals surface area contributed by atoms with Gasteiger partial charge in [0.2, 0.25) is 5.91 Å². The molecule has 2 aliphatic heterocycles. The molecule has 0 bridgehead atoms. The first-order valence-corrected chi connectivity index (χ1v) is 11.2. The second-order valence-electron chi connectivity index (χ2n) is 8.57. The molecule has 1 saturated heterocycles. The number of carbonyl (C=O) groups excluding carboxylic acids is 2. The van der Waals surface area contributed by atoms with Gasteiger partial charge in [0.1, 0.15) is 18.9 Å². The van der Waals surface area contributed by atoms with E-state index in [2.05, 4.69) is 37.1 Å². The van der Waals surface area contributed by atoms with E-state index in [0.717, 1.165) is 30.9 Å². The molecule has 2 aliphatic rings. The molecule has 0 aliphatic carbocycles. The molecule has 176 valence electrons. The smallest absolute Gasteiger partial charge is 0.327 e. The first-order chi connectivity index (χ1) is 15.9. The van der Waals surface area contributed by atoms with Crippen molar-refractivity contribution in [3.05, 3.63) is 53.1 Å². The Morgan fingerprint density at radius 2 is 1.97 bits per heavy atom. The fourth-order valence-electron chi connectivity index (χ4n) is 4.21. The standard InChI is InChI=1S/C25H31N3O5/c1-17(19-6-8-21-20(14-19)9-11-32-21)26(2)15-18-5-7-22(23(13-18)31-4)33-12-10-28-24(29)16-27(3)25(28)30/h5-8,13-14,17H,9-12,15-16H2,1-4H3. The highest BCUT2D eigenvalue weighted by molar-refractivity contribution is 6.01. The number of carbonyl (C=O) groups is 2.